The van der Waals surface area contributed by atoms with Crippen LogP contribution in [0.5, 0.6) is 0 Å². The highest BCUT2D eigenvalue weighted by atomic mass is 19.1. The van der Waals surface area contributed by atoms with Gasteiger partial charge in [-0.2, -0.15) is 5.10 Å². The molecular formula is C23H21FN6O. The second kappa shape index (κ2) is 6.73. The van der Waals surface area contributed by atoms with Gasteiger partial charge in [0.05, 0.1) is 11.4 Å². The van der Waals surface area contributed by atoms with E-state index in [-0.39, 0.29) is 17.6 Å². The van der Waals surface area contributed by atoms with Crippen LogP contribution in [-0.4, -0.2) is 48.0 Å². The topological polar surface area (TPSA) is 68.3 Å². The minimum absolute atomic E-state index is 0.110. The molecular weight excluding hydrogens is 395 g/mol. The molecule has 3 aromatic heterocycles. The smallest absolute Gasteiger partial charge is 0.219 e. The Morgan fingerprint density at radius 3 is 2.71 bits per heavy atom. The summed E-state index contributed by atoms with van der Waals surface area (Å²) in [7, 11) is 0. The van der Waals surface area contributed by atoms with Crippen LogP contribution in [0.15, 0.2) is 48.9 Å². The summed E-state index contributed by atoms with van der Waals surface area (Å²) in [6, 6.07) is 10.4. The number of amides is 1. The molecule has 6 rings (SSSR count). The van der Waals surface area contributed by atoms with Crippen molar-refractivity contribution >= 4 is 11.6 Å². The van der Waals surface area contributed by atoms with Crippen molar-refractivity contribution in [1.82, 2.24) is 29.0 Å². The van der Waals surface area contributed by atoms with E-state index in [2.05, 4.69) is 14.6 Å². The number of aromatic nitrogens is 5. The number of benzene rings is 1. The number of hydrogen-bond donors (Lipinski definition) is 0. The largest absolute Gasteiger partial charge is 0.342 e. The molecule has 2 atom stereocenters. The molecule has 0 N–H and O–H groups in total. The predicted molar refractivity (Wildman–Crippen MR) is 113 cm³/mol. The summed E-state index contributed by atoms with van der Waals surface area (Å²) >= 11 is 0. The molecule has 0 aliphatic carbocycles. The molecule has 0 bridgehead atoms. The Morgan fingerprint density at radius 2 is 1.90 bits per heavy atom. The lowest BCUT2D eigenvalue weighted by atomic mass is 9.87. The first-order chi connectivity index (χ1) is 15.1. The normalized spacial score (nSPS) is 20.1. The zero-order chi connectivity index (χ0) is 21.1. The van der Waals surface area contributed by atoms with E-state index in [9.17, 15) is 9.18 Å². The number of carbonyl (C=O) groups is 1. The van der Waals surface area contributed by atoms with Crippen molar-refractivity contribution in [2.24, 2.45) is 5.92 Å². The number of nitrogens with zero attached hydrogens (tertiary/aromatic N) is 6. The summed E-state index contributed by atoms with van der Waals surface area (Å²) < 4.78 is 17.6. The fourth-order valence-corrected chi connectivity index (χ4v) is 5.03. The lowest BCUT2D eigenvalue weighted by Gasteiger charge is -2.33. The molecule has 0 radical (unpaired) electrons. The molecule has 0 saturated carbocycles. The SMILES string of the molecule is CC(=O)N1CCC2Cn3c(nc(-c4ccc(F)cc4)c3-c3ccc4ncnn4c3)C2C1. The van der Waals surface area contributed by atoms with E-state index in [0.29, 0.717) is 12.5 Å². The number of hydrogen-bond acceptors (Lipinski definition) is 4. The highest BCUT2D eigenvalue weighted by Gasteiger charge is 2.41. The standard InChI is InChI=1S/C23H21FN6O/c1-14(31)28-9-8-16-10-29-22(17-4-7-20-25-13-26-30(20)11-17)21(27-23(29)19(16)12-28)15-2-5-18(24)6-3-15/h2-7,11,13,16,19H,8-10,12H2,1H3. The van der Waals surface area contributed by atoms with E-state index in [4.69, 9.17) is 4.98 Å². The maximum Gasteiger partial charge on any atom is 0.219 e. The van der Waals surface area contributed by atoms with Crippen molar-refractivity contribution in [1.29, 1.82) is 0 Å². The molecule has 156 valence electrons. The number of piperidine rings is 1. The lowest BCUT2D eigenvalue weighted by Crippen LogP contribution is -2.40. The first-order valence-corrected chi connectivity index (χ1v) is 10.5. The first-order valence-electron chi connectivity index (χ1n) is 10.5. The lowest BCUT2D eigenvalue weighted by molar-refractivity contribution is -0.130. The van der Waals surface area contributed by atoms with Crippen molar-refractivity contribution in [3.05, 3.63) is 60.6 Å². The zero-order valence-corrected chi connectivity index (χ0v) is 17.1. The number of rotatable bonds is 2. The Kier molecular flexibility index (Phi) is 3.96. The van der Waals surface area contributed by atoms with E-state index in [0.717, 1.165) is 53.5 Å². The molecule has 8 heteroatoms. The number of imidazole rings is 1. The highest BCUT2D eigenvalue weighted by Crippen LogP contribution is 2.45. The van der Waals surface area contributed by atoms with Crippen LogP contribution in [0.1, 0.15) is 25.1 Å². The fraction of sp³-hybridized carbons (Fsp3) is 0.304. The number of halogens is 1. The molecule has 2 aliphatic rings. The zero-order valence-electron chi connectivity index (χ0n) is 17.1. The van der Waals surface area contributed by atoms with Gasteiger partial charge in [-0.25, -0.2) is 18.9 Å². The summed E-state index contributed by atoms with van der Waals surface area (Å²) in [4.78, 5) is 23.2. The Labute approximate surface area is 178 Å². The Bertz CT molecular complexity index is 1310. The van der Waals surface area contributed by atoms with Crippen molar-refractivity contribution in [3.8, 4) is 22.5 Å². The number of likely N-dealkylation sites (tertiary alicyclic amines) is 1. The molecule has 2 unspecified atom stereocenters. The number of fused-ring (bicyclic) bond motifs is 4. The second-order valence-corrected chi connectivity index (χ2v) is 8.39. The van der Waals surface area contributed by atoms with Gasteiger partial charge in [-0.05, 0) is 48.7 Å². The molecule has 1 amide bonds. The summed E-state index contributed by atoms with van der Waals surface area (Å²) in [5, 5.41) is 4.28. The fourth-order valence-electron chi connectivity index (χ4n) is 5.03. The molecule has 7 nitrogen and oxygen atoms in total. The molecule has 5 heterocycles. The van der Waals surface area contributed by atoms with Gasteiger partial charge in [0.15, 0.2) is 5.65 Å². The van der Waals surface area contributed by atoms with E-state index < -0.39 is 0 Å². The highest BCUT2D eigenvalue weighted by molar-refractivity contribution is 5.80. The average Bonchev–Trinajstić information content (AvgIpc) is 3.46. The summed E-state index contributed by atoms with van der Waals surface area (Å²) in [6.45, 7) is 3.99. The first kappa shape index (κ1) is 18.2. The average molecular weight is 416 g/mol. The van der Waals surface area contributed by atoms with Gasteiger partial charge in [-0.1, -0.05) is 0 Å². The Hall–Kier alpha value is -3.55. The van der Waals surface area contributed by atoms with Crippen LogP contribution in [0.2, 0.25) is 0 Å². The molecule has 2 aliphatic heterocycles. The molecule has 4 aromatic rings. The second-order valence-electron chi connectivity index (χ2n) is 8.39. The molecule has 1 fully saturated rings. The van der Waals surface area contributed by atoms with Crippen molar-refractivity contribution in [2.75, 3.05) is 13.1 Å². The van der Waals surface area contributed by atoms with E-state index >= 15 is 0 Å². The van der Waals surface area contributed by atoms with Gasteiger partial charge < -0.3 is 9.47 Å². The van der Waals surface area contributed by atoms with Crippen LogP contribution in [-0.2, 0) is 11.3 Å². The maximum atomic E-state index is 13.6. The number of pyridine rings is 1. The number of carbonyl (C=O) groups excluding carboxylic acids is 1. The quantitative estimate of drug-likeness (QED) is 0.503. The maximum absolute atomic E-state index is 13.6. The van der Waals surface area contributed by atoms with E-state index in [1.54, 1.807) is 23.6 Å². The predicted octanol–water partition coefficient (Wildman–Crippen LogP) is 3.36. The van der Waals surface area contributed by atoms with Crippen molar-refractivity contribution < 1.29 is 9.18 Å². The van der Waals surface area contributed by atoms with E-state index in [1.807, 2.05) is 23.2 Å². The Morgan fingerprint density at radius 1 is 1.10 bits per heavy atom. The third kappa shape index (κ3) is 2.85. The summed E-state index contributed by atoms with van der Waals surface area (Å²) in [5.74, 6) is 1.52. The van der Waals surface area contributed by atoms with Gasteiger partial charge >= 0.3 is 0 Å². The minimum Gasteiger partial charge on any atom is -0.342 e. The van der Waals surface area contributed by atoms with Crippen LogP contribution in [0.25, 0.3) is 28.2 Å². The monoisotopic (exact) mass is 416 g/mol. The van der Waals surface area contributed by atoms with Crippen molar-refractivity contribution in [3.63, 3.8) is 0 Å². The molecule has 1 saturated heterocycles. The Balaban J connectivity index is 1.53. The van der Waals surface area contributed by atoms with Crippen LogP contribution in [0, 0.1) is 11.7 Å². The van der Waals surface area contributed by atoms with Gasteiger partial charge in [0, 0.05) is 49.8 Å². The molecule has 0 spiro atoms. The minimum atomic E-state index is -0.273. The van der Waals surface area contributed by atoms with Crippen molar-refractivity contribution in [2.45, 2.75) is 25.8 Å². The van der Waals surface area contributed by atoms with Gasteiger partial charge in [-0.3, -0.25) is 4.79 Å². The van der Waals surface area contributed by atoms with Crippen LogP contribution in [0.4, 0.5) is 4.39 Å². The van der Waals surface area contributed by atoms with Gasteiger partial charge in [-0.15, -0.1) is 0 Å². The third-order valence-electron chi connectivity index (χ3n) is 6.61. The van der Waals surface area contributed by atoms with Gasteiger partial charge in [0.25, 0.3) is 0 Å². The summed E-state index contributed by atoms with van der Waals surface area (Å²) in [5.41, 5.74) is 4.46. The molecule has 1 aromatic carbocycles. The van der Waals surface area contributed by atoms with Crippen LogP contribution in [0.3, 0.4) is 0 Å². The van der Waals surface area contributed by atoms with Crippen LogP contribution >= 0.6 is 0 Å². The van der Waals surface area contributed by atoms with Crippen LogP contribution < -0.4 is 0 Å². The van der Waals surface area contributed by atoms with Gasteiger partial charge in [0.2, 0.25) is 5.91 Å². The van der Waals surface area contributed by atoms with Gasteiger partial charge in [0.1, 0.15) is 18.0 Å². The molecule has 31 heavy (non-hydrogen) atoms. The summed E-state index contributed by atoms with van der Waals surface area (Å²) in [6.07, 6.45) is 4.47. The van der Waals surface area contributed by atoms with E-state index in [1.165, 1.54) is 18.5 Å². The third-order valence-corrected chi connectivity index (χ3v) is 6.61.